The maximum Gasteiger partial charge on any atom is 0.0998 e. The molecule has 12 heavy (non-hydrogen) atoms. The van der Waals surface area contributed by atoms with Crippen molar-refractivity contribution in [2.45, 2.75) is 12.8 Å². The van der Waals surface area contributed by atoms with Gasteiger partial charge in [-0.3, -0.25) is 4.98 Å². The number of rotatable bonds is 1. The van der Waals surface area contributed by atoms with E-state index < -0.39 is 0 Å². The predicted octanol–water partition coefficient (Wildman–Crippen LogP) is 2.74. The molecule has 0 radical (unpaired) electrons. The van der Waals surface area contributed by atoms with Crippen molar-refractivity contribution in [1.29, 1.82) is 0 Å². The summed E-state index contributed by atoms with van der Waals surface area (Å²) in [6.07, 6.45) is 1.77. The molecule has 0 aliphatic carbocycles. The molecule has 62 valence electrons. The number of pyridine rings is 1. The minimum Gasteiger partial charge on any atom is -0.258 e. The largest absolute Gasteiger partial charge is 0.258 e. The van der Waals surface area contributed by atoms with Gasteiger partial charge in [-0.25, -0.2) is 4.98 Å². The van der Waals surface area contributed by atoms with Crippen molar-refractivity contribution >= 4 is 33.2 Å². The monoisotopic (exact) mass is 198 g/mol. The van der Waals surface area contributed by atoms with Crippen LogP contribution in [0.4, 0.5) is 0 Å². The number of hydrogen-bond acceptors (Lipinski definition) is 3. The molecular weight excluding hydrogens is 192 g/mol. The summed E-state index contributed by atoms with van der Waals surface area (Å²) in [5.41, 5.74) is 1.87. The van der Waals surface area contributed by atoms with Crippen LogP contribution in [0.25, 0.3) is 10.2 Å². The van der Waals surface area contributed by atoms with Gasteiger partial charge < -0.3 is 0 Å². The quantitative estimate of drug-likeness (QED) is 0.659. The van der Waals surface area contributed by atoms with Crippen LogP contribution in [0.3, 0.4) is 0 Å². The number of fused-ring (bicyclic) bond motifs is 1. The Labute approximate surface area is 79.2 Å². The highest BCUT2D eigenvalue weighted by Crippen LogP contribution is 2.21. The van der Waals surface area contributed by atoms with Gasteiger partial charge in [0.05, 0.1) is 33.0 Å². The molecule has 0 unspecified atom stereocenters. The maximum atomic E-state index is 5.66. The molecule has 0 spiro atoms. The highest BCUT2D eigenvalue weighted by atomic mass is 35.5. The van der Waals surface area contributed by atoms with Crippen molar-refractivity contribution < 1.29 is 0 Å². The van der Waals surface area contributed by atoms with E-state index in [-0.39, 0.29) is 0 Å². The Kier molecular flexibility index (Phi) is 1.98. The van der Waals surface area contributed by atoms with Crippen LogP contribution in [0.5, 0.6) is 0 Å². The molecule has 2 nitrogen and oxygen atoms in total. The summed E-state index contributed by atoms with van der Waals surface area (Å²) in [7, 11) is 0. The van der Waals surface area contributed by atoms with E-state index in [1.807, 2.05) is 13.0 Å². The zero-order valence-corrected chi connectivity index (χ0v) is 8.11. The fraction of sp³-hybridized carbons (Fsp3) is 0.250. The van der Waals surface area contributed by atoms with Gasteiger partial charge in [-0.05, 0) is 13.0 Å². The van der Waals surface area contributed by atoms with Gasteiger partial charge in [-0.15, -0.1) is 22.9 Å². The molecule has 0 N–H and O–H groups in total. The van der Waals surface area contributed by atoms with E-state index in [0.29, 0.717) is 5.88 Å². The molecule has 0 saturated heterocycles. The van der Waals surface area contributed by atoms with Gasteiger partial charge >= 0.3 is 0 Å². The Balaban J connectivity index is 2.66. The number of halogens is 1. The van der Waals surface area contributed by atoms with Gasteiger partial charge in [-0.2, -0.15) is 0 Å². The van der Waals surface area contributed by atoms with Crippen molar-refractivity contribution in [3.63, 3.8) is 0 Å². The summed E-state index contributed by atoms with van der Waals surface area (Å²) < 4.78 is 1.16. The van der Waals surface area contributed by atoms with E-state index in [0.717, 1.165) is 20.9 Å². The van der Waals surface area contributed by atoms with E-state index in [9.17, 15) is 0 Å². The Bertz CT molecular complexity index is 410. The van der Waals surface area contributed by atoms with Gasteiger partial charge in [0.1, 0.15) is 0 Å². The molecule has 4 heteroatoms. The average Bonchev–Trinajstić information content (AvgIpc) is 2.43. The van der Waals surface area contributed by atoms with Crippen LogP contribution in [-0.2, 0) is 5.88 Å². The Morgan fingerprint density at radius 3 is 3.17 bits per heavy atom. The first-order chi connectivity index (χ1) is 5.79. The van der Waals surface area contributed by atoms with E-state index in [4.69, 9.17) is 11.6 Å². The van der Waals surface area contributed by atoms with E-state index in [2.05, 4.69) is 9.97 Å². The summed E-state index contributed by atoms with van der Waals surface area (Å²) in [4.78, 5) is 8.45. The second-order valence-electron chi connectivity index (χ2n) is 2.51. The molecule has 0 fully saturated rings. The van der Waals surface area contributed by atoms with Crippen LogP contribution >= 0.6 is 22.9 Å². The highest BCUT2D eigenvalue weighted by molar-refractivity contribution is 7.18. The lowest BCUT2D eigenvalue weighted by molar-refractivity contribution is 1.18. The summed E-state index contributed by atoms with van der Waals surface area (Å²) >= 11 is 7.33. The lowest BCUT2D eigenvalue weighted by Gasteiger charge is -1.91. The van der Waals surface area contributed by atoms with Gasteiger partial charge in [0.25, 0.3) is 0 Å². The summed E-state index contributed by atoms with van der Waals surface area (Å²) in [6, 6.07) is 1.99. The highest BCUT2D eigenvalue weighted by Gasteiger charge is 2.01. The molecule has 2 rings (SSSR count). The third-order valence-electron chi connectivity index (χ3n) is 1.58. The van der Waals surface area contributed by atoms with Crippen LogP contribution in [0.15, 0.2) is 12.3 Å². The zero-order valence-electron chi connectivity index (χ0n) is 6.54. The Hall–Kier alpha value is -0.670. The lowest BCUT2D eigenvalue weighted by atomic mass is 10.4. The maximum absolute atomic E-state index is 5.66. The SMILES string of the molecule is Cc1nc2cnc(CCl)cc2s1. The van der Waals surface area contributed by atoms with Crippen molar-refractivity contribution in [1.82, 2.24) is 9.97 Å². The topological polar surface area (TPSA) is 25.8 Å². The van der Waals surface area contributed by atoms with Gasteiger partial charge in [0.15, 0.2) is 0 Å². The van der Waals surface area contributed by atoms with Crippen molar-refractivity contribution in [2.24, 2.45) is 0 Å². The molecule has 0 aromatic carbocycles. The lowest BCUT2D eigenvalue weighted by Crippen LogP contribution is -1.82. The summed E-state index contributed by atoms with van der Waals surface area (Å²) in [6.45, 7) is 1.99. The predicted molar refractivity (Wildman–Crippen MR) is 51.7 cm³/mol. The van der Waals surface area contributed by atoms with Gasteiger partial charge in [0, 0.05) is 0 Å². The Morgan fingerprint density at radius 2 is 2.42 bits per heavy atom. The number of hydrogen-bond donors (Lipinski definition) is 0. The second kappa shape index (κ2) is 2.99. The number of aryl methyl sites for hydroxylation is 1. The number of aromatic nitrogens is 2. The third kappa shape index (κ3) is 1.30. The average molecular weight is 199 g/mol. The summed E-state index contributed by atoms with van der Waals surface area (Å²) in [5, 5.41) is 1.07. The second-order valence-corrected chi connectivity index (χ2v) is 4.01. The number of nitrogens with zero attached hydrogens (tertiary/aromatic N) is 2. The van der Waals surface area contributed by atoms with Gasteiger partial charge in [0.2, 0.25) is 0 Å². The zero-order chi connectivity index (χ0) is 8.55. The molecule has 0 atom stereocenters. The fourth-order valence-corrected chi connectivity index (χ4v) is 2.07. The smallest absolute Gasteiger partial charge is 0.0998 e. The van der Waals surface area contributed by atoms with Crippen molar-refractivity contribution in [3.8, 4) is 0 Å². The Morgan fingerprint density at radius 1 is 1.58 bits per heavy atom. The van der Waals surface area contributed by atoms with Crippen LogP contribution in [-0.4, -0.2) is 9.97 Å². The minimum atomic E-state index is 0.465. The molecule has 2 aromatic rings. The first kappa shape index (κ1) is 7.95. The third-order valence-corrected chi connectivity index (χ3v) is 2.78. The molecule has 2 heterocycles. The van der Waals surface area contributed by atoms with Crippen LogP contribution in [0, 0.1) is 6.92 Å². The standard InChI is InChI=1S/C8H7ClN2S/c1-5-11-7-4-10-6(3-9)2-8(7)12-5/h2,4H,3H2,1H3. The van der Waals surface area contributed by atoms with E-state index >= 15 is 0 Å². The van der Waals surface area contributed by atoms with Gasteiger partial charge in [-0.1, -0.05) is 0 Å². The van der Waals surface area contributed by atoms with E-state index in [1.54, 1.807) is 17.5 Å². The molecular formula is C8H7ClN2S. The van der Waals surface area contributed by atoms with E-state index in [1.165, 1.54) is 0 Å². The normalized spacial score (nSPS) is 10.8. The number of alkyl halides is 1. The summed E-state index contributed by atoms with van der Waals surface area (Å²) in [5.74, 6) is 0.465. The molecule has 0 saturated carbocycles. The van der Waals surface area contributed by atoms with Crippen molar-refractivity contribution in [3.05, 3.63) is 23.0 Å². The molecule has 0 amide bonds. The first-order valence-electron chi connectivity index (χ1n) is 3.57. The molecule has 0 bridgehead atoms. The van der Waals surface area contributed by atoms with Crippen LogP contribution in [0.1, 0.15) is 10.7 Å². The number of thiazole rings is 1. The molecule has 2 aromatic heterocycles. The van der Waals surface area contributed by atoms with Crippen LogP contribution < -0.4 is 0 Å². The molecule has 0 aliphatic rings. The minimum absolute atomic E-state index is 0.465. The van der Waals surface area contributed by atoms with Crippen LogP contribution in [0.2, 0.25) is 0 Å². The first-order valence-corrected chi connectivity index (χ1v) is 4.93. The van der Waals surface area contributed by atoms with Crippen molar-refractivity contribution in [2.75, 3.05) is 0 Å². The fourth-order valence-electron chi connectivity index (χ4n) is 1.06. The molecule has 0 aliphatic heterocycles.